The third kappa shape index (κ3) is 2.35. The van der Waals surface area contributed by atoms with Gasteiger partial charge in [0.2, 0.25) is 0 Å². The molecule has 1 amide bonds. The number of hydrogen-bond acceptors (Lipinski definition) is 2. The maximum Gasteiger partial charge on any atom is 0.257 e. The lowest BCUT2D eigenvalue weighted by Crippen LogP contribution is -2.38. The summed E-state index contributed by atoms with van der Waals surface area (Å²) in [7, 11) is 0. The molecule has 5 heteroatoms. The number of hydrogen-bond donors (Lipinski definition) is 1. The van der Waals surface area contributed by atoms with Crippen molar-refractivity contribution in [2.24, 2.45) is 0 Å². The van der Waals surface area contributed by atoms with Gasteiger partial charge in [0, 0.05) is 6.54 Å². The van der Waals surface area contributed by atoms with Crippen molar-refractivity contribution >= 4 is 21.8 Å². The van der Waals surface area contributed by atoms with Gasteiger partial charge in [-0.1, -0.05) is 6.07 Å². The number of likely N-dealkylation sites (tertiary alicyclic amines) is 1. The Balaban J connectivity index is 2.28. The van der Waals surface area contributed by atoms with Crippen LogP contribution in [0.2, 0.25) is 0 Å². The van der Waals surface area contributed by atoms with Crippen LogP contribution in [0.15, 0.2) is 22.7 Å². The highest BCUT2D eigenvalue weighted by molar-refractivity contribution is 9.10. The molecule has 0 aromatic heterocycles. The maximum absolute atomic E-state index is 13.8. The van der Waals surface area contributed by atoms with Crippen LogP contribution in [0.1, 0.15) is 23.2 Å². The Bertz CT molecular complexity index is 439. The van der Waals surface area contributed by atoms with Crippen LogP contribution in [0.3, 0.4) is 0 Å². The third-order valence-electron chi connectivity index (χ3n) is 3.03. The summed E-state index contributed by atoms with van der Waals surface area (Å²) in [5, 5.41) is 9.16. The quantitative estimate of drug-likeness (QED) is 0.910. The molecule has 0 bridgehead atoms. The Morgan fingerprint density at radius 1 is 1.59 bits per heavy atom. The fourth-order valence-electron chi connectivity index (χ4n) is 2.12. The highest BCUT2D eigenvalue weighted by Crippen LogP contribution is 2.24. The zero-order chi connectivity index (χ0) is 12.4. The summed E-state index contributed by atoms with van der Waals surface area (Å²) in [5.74, 6) is -0.888. The van der Waals surface area contributed by atoms with Crippen molar-refractivity contribution in [3.63, 3.8) is 0 Å². The molecule has 1 unspecified atom stereocenters. The number of nitrogens with zero attached hydrogens (tertiary/aromatic N) is 1. The van der Waals surface area contributed by atoms with Crippen molar-refractivity contribution in [2.45, 2.75) is 18.9 Å². The van der Waals surface area contributed by atoms with Gasteiger partial charge >= 0.3 is 0 Å². The van der Waals surface area contributed by atoms with E-state index in [1.807, 2.05) is 0 Å². The molecule has 1 aromatic rings. The van der Waals surface area contributed by atoms with Crippen molar-refractivity contribution in [1.82, 2.24) is 4.90 Å². The summed E-state index contributed by atoms with van der Waals surface area (Å²) in [5.41, 5.74) is 0.0553. The van der Waals surface area contributed by atoms with Crippen LogP contribution in [0.4, 0.5) is 4.39 Å². The summed E-state index contributed by atoms with van der Waals surface area (Å²) in [4.78, 5) is 13.7. The van der Waals surface area contributed by atoms with Crippen molar-refractivity contribution in [3.05, 3.63) is 34.1 Å². The molecule has 1 N–H and O–H groups in total. The van der Waals surface area contributed by atoms with E-state index in [2.05, 4.69) is 15.9 Å². The standard InChI is InChI=1S/C12H13BrFNO2/c13-10-5-1-4-9(11(10)14)12(17)15-6-2-3-8(15)7-16/h1,4-5,8,16H,2-3,6-7H2. The smallest absolute Gasteiger partial charge is 0.257 e. The van der Waals surface area contributed by atoms with Gasteiger partial charge < -0.3 is 10.0 Å². The molecule has 1 fully saturated rings. The minimum absolute atomic E-state index is 0.0553. The Kier molecular flexibility index (Phi) is 3.79. The second-order valence-corrected chi connectivity index (χ2v) is 4.93. The summed E-state index contributed by atoms with van der Waals surface area (Å²) in [6, 6.07) is 4.47. The maximum atomic E-state index is 13.8. The number of rotatable bonds is 2. The van der Waals surface area contributed by atoms with E-state index in [0.29, 0.717) is 6.54 Å². The van der Waals surface area contributed by atoms with E-state index in [1.54, 1.807) is 17.0 Å². The van der Waals surface area contributed by atoms with Gasteiger partial charge in [0.25, 0.3) is 5.91 Å². The van der Waals surface area contributed by atoms with Crippen LogP contribution in [-0.2, 0) is 0 Å². The fourth-order valence-corrected chi connectivity index (χ4v) is 2.48. The average Bonchev–Trinajstić information content (AvgIpc) is 2.80. The monoisotopic (exact) mass is 301 g/mol. The number of halogens is 2. The normalized spacial score (nSPS) is 19.7. The van der Waals surface area contributed by atoms with Crippen LogP contribution >= 0.6 is 15.9 Å². The Morgan fingerprint density at radius 3 is 3.06 bits per heavy atom. The first-order valence-electron chi connectivity index (χ1n) is 5.51. The van der Waals surface area contributed by atoms with Crippen molar-refractivity contribution < 1.29 is 14.3 Å². The number of carbonyl (C=O) groups is 1. The van der Waals surface area contributed by atoms with E-state index in [9.17, 15) is 9.18 Å². The molecule has 92 valence electrons. The molecule has 1 heterocycles. The highest BCUT2D eigenvalue weighted by atomic mass is 79.9. The van der Waals surface area contributed by atoms with Gasteiger partial charge in [-0.15, -0.1) is 0 Å². The van der Waals surface area contributed by atoms with E-state index in [-0.39, 0.29) is 28.6 Å². The predicted octanol–water partition coefficient (Wildman–Crippen LogP) is 2.19. The molecule has 0 spiro atoms. The molecule has 0 saturated carbocycles. The average molecular weight is 302 g/mol. The summed E-state index contributed by atoms with van der Waals surface area (Å²) in [6.45, 7) is 0.511. The molecular formula is C12H13BrFNO2. The second-order valence-electron chi connectivity index (χ2n) is 4.08. The first kappa shape index (κ1) is 12.5. The van der Waals surface area contributed by atoms with E-state index >= 15 is 0 Å². The van der Waals surface area contributed by atoms with Gasteiger partial charge in [0.1, 0.15) is 5.82 Å². The lowest BCUT2D eigenvalue weighted by Gasteiger charge is -2.23. The molecule has 1 aromatic carbocycles. The van der Waals surface area contributed by atoms with E-state index in [4.69, 9.17) is 5.11 Å². The largest absolute Gasteiger partial charge is 0.394 e. The summed E-state index contributed by atoms with van der Waals surface area (Å²) in [6.07, 6.45) is 1.63. The molecule has 3 nitrogen and oxygen atoms in total. The first-order chi connectivity index (χ1) is 8.15. The third-order valence-corrected chi connectivity index (χ3v) is 3.64. The predicted molar refractivity (Wildman–Crippen MR) is 65.2 cm³/mol. The number of aliphatic hydroxyl groups is 1. The topological polar surface area (TPSA) is 40.5 Å². The Labute approximate surface area is 107 Å². The number of benzene rings is 1. The molecule has 1 saturated heterocycles. The molecule has 1 aliphatic heterocycles. The Morgan fingerprint density at radius 2 is 2.35 bits per heavy atom. The second kappa shape index (κ2) is 5.14. The van der Waals surface area contributed by atoms with E-state index in [1.165, 1.54) is 6.07 Å². The van der Waals surface area contributed by atoms with E-state index < -0.39 is 5.82 Å². The molecule has 2 rings (SSSR count). The number of carbonyl (C=O) groups excluding carboxylic acids is 1. The molecular weight excluding hydrogens is 289 g/mol. The number of aliphatic hydroxyl groups excluding tert-OH is 1. The number of amides is 1. The molecule has 1 atom stereocenters. The van der Waals surface area contributed by atoms with Crippen LogP contribution in [-0.4, -0.2) is 35.1 Å². The van der Waals surface area contributed by atoms with Gasteiger partial charge in [-0.25, -0.2) is 4.39 Å². The van der Waals surface area contributed by atoms with Crippen LogP contribution in [0.5, 0.6) is 0 Å². The summed E-state index contributed by atoms with van der Waals surface area (Å²) < 4.78 is 14.1. The van der Waals surface area contributed by atoms with Gasteiger partial charge in [-0.05, 0) is 40.9 Å². The van der Waals surface area contributed by atoms with Crippen LogP contribution in [0.25, 0.3) is 0 Å². The van der Waals surface area contributed by atoms with Crippen molar-refractivity contribution in [3.8, 4) is 0 Å². The SMILES string of the molecule is O=C(c1cccc(Br)c1F)N1CCCC1CO. The molecule has 17 heavy (non-hydrogen) atoms. The van der Waals surface area contributed by atoms with Crippen LogP contribution < -0.4 is 0 Å². The van der Waals surface area contributed by atoms with Crippen LogP contribution in [0, 0.1) is 5.82 Å². The molecule has 0 aliphatic carbocycles. The van der Waals surface area contributed by atoms with E-state index in [0.717, 1.165) is 12.8 Å². The Hall–Kier alpha value is -0.940. The minimum Gasteiger partial charge on any atom is -0.394 e. The minimum atomic E-state index is -0.541. The van der Waals surface area contributed by atoms with Crippen molar-refractivity contribution in [2.75, 3.05) is 13.2 Å². The van der Waals surface area contributed by atoms with Gasteiger partial charge in [0.15, 0.2) is 0 Å². The molecule has 1 aliphatic rings. The lowest BCUT2D eigenvalue weighted by molar-refractivity contribution is 0.0673. The zero-order valence-electron chi connectivity index (χ0n) is 9.20. The lowest BCUT2D eigenvalue weighted by atomic mass is 10.1. The first-order valence-corrected chi connectivity index (χ1v) is 6.30. The fraction of sp³-hybridized carbons (Fsp3) is 0.417. The van der Waals surface area contributed by atoms with Crippen molar-refractivity contribution in [1.29, 1.82) is 0 Å². The molecule has 0 radical (unpaired) electrons. The summed E-state index contributed by atoms with van der Waals surface area (Å²) >= 11 is 3.06. The van der Waals surface area contributed by atoms with Gasteiger partial charge in [-0.2, -0.15) is 0 Å². The zero-order valence-corrected chi connectivity index (χ0v) is 10.8. The highest BCUT2D eigenvalue weighted by Gasteiger charge is 2.30. The van der Waals surface area contributed by atoms with Gasteiger partial charge in [-0.3, -0.25) is 4.79 Å². The van der Waals surface area contributed by atoms with Gasteiger partial charge in [0.05, 0.1) is 22.7 Å².